The highest BCUT2D eigenvalue weighted by molar-refractivity contribution is 9.10. The van der Waals surface area contributed by atoms with E-state index in [9.17, 15) is 10.1 Å². The number of allylic oxidation sites excluding steroid dienone is 1. The first kappa shape index (κ1) is 19.4. The van der Waals surface area contributed by atoms with Crippen molar-refractivity contribution in [2.75, 3.05) is 7.11 Å². The molecule has 0 aliphatic heterocycles. The summed E-state index contributed by atoms with van der Waals surface area (Å²) in [6, 6.07) is 23.8. The molecule has 0 N–H and O–H groups in total. The summed E-state index contributed by atoms with van der Waals surface area (Å²) in [5, 5.41) is 9.47. The lowest BCUT2D eigenvalue weighted by molar-refractivity contribution is 0.0729. The predicted molar refractivity (Wildman–Crippen MR) is 112 cm³/mol. The zero-order valence-corrected chi connectivity index (χ0v) is 16.6. The summed E-state index contributed by atoms with van der Waals surface area (Å²) < 4.78 is 11.5. The average Bonchev–Trinajstić information content (AvgIpc) is 2.73. The molecular weight excluding hydrogens is 418 g/mol. The predicted octanol–water partition coefficient (Wildman–Crippen LogP) is 5.74. The van der Waals surface area contributed by atoms with Gasteiger partial charge in [-0.3, -0.25) is 0 Å². The summed E-state index contributed by atoms with van der Waals surface area (Å²) in [6.07, 6.45) is 1.76. The molecular formula is C23H16BrNO3. The molecule has 0 saturated carbocycles. The number of benzene rings is 3. The van der Waals surface area contributed by atoms with E-state index in [0.717, 1.165) is 11.1 Å². The van der Waals surface area contributed by atoms with E-state index in [4.69, 9.17) is 9.47 Å². The molecule has 4 nitrogen and oxygen atoms in total. The maximum Gasteiger partial charge on any atom is 0.344 e. The van der Waals surface area contributed by atoms with Gasteiger partial charge in [-0.25, -0.2) is 4.79 Å². The Labute approximate surface area is 171 Å². The Morgan fingerprint density at radius 2 is 1.71 bits per heavy atom. The lowest BCUT2D eigenvalue weighted by Gasteiger charge is -2.11. The minimum Gasteiger partial charge on any atom is -0.493 e. The number of hydrogen-bond acceptors (Lipinski definition) is 4. The average molecular weight is 434 g/mol. The van der Waals surface area contributed by atoms with E-state index in [0.29, 0.717) is 27.1 Å². The van der Waals surface area contributed by atoms with Crippen LogP contribution < -0.4 is 9.47 Å². The highest BCUT2D eigenvalue weighted by atomic mass is 79.9. The maximum absolute atomic E-state index is 12.4. The molecule has 0 aromatic heterocycles. The zero-order chi connectivity index (χ0) is 19.9. The van der Waals surface area contributed by atoms with E-state index in [1.807, 2.05) is 36.4 Å². The van der Waals surface area contributed by atoms with Crippen molar-refractivity contribution in [3.63, 3.8) is 0 Å². The van der Waals surface area contributed by atoms with Crippen LogP contribution >= 0.6 is 15.9 Å². The van der Waals surface area contributed by atoms with Gasteiger partial charge < -0.3 is 9.47 Å². The van der Waals surface area contributed by atoms with Crippen LogP contribution in [0.1, 0.15) is 21.5 Å². The second-order valence-electron chi connectivity index (χ2n) is 5.82. The highest BCUT2D eigenvalue weighted by Crippen LogP contribution is 2.31. The third-order valence-electron chi connectivity index (χ3n) is 4.00. The number of rotatable bonds is 5. The molecule has 0 saturated heterocycles. The lowest BCUT2D eigenvalue weighted by atomic mass is 10.0. The van der Waals surface area contributed by atoms with E-state index in [2.05, 4.69) is 22.0 Å². The summed E-state index contributed by atoms with van der Waals surface area (Å²) in [7, 11) is 1.50. The quantitative estimate of drug-likeness (QED) is 0.222. The Morgan fingerprint density at radius 3 is 2.39 bits per heavy atom. The molecule has 28 heavy (non-hydrogen) atoms. The third-order valence-corrected chi connectivity index (χ3v) is 4.69. The molecule has 0 spiro atoms. The highest BCUT2D eigenvalue weighted by Gasteiger charge is 2.15. The first-order valence-corrected chi connectivity index (χ1v) is 9.23. The Hall–Kier alpha value is -3.36. The number of carbonyl (C=O) groups is 1. The van der Waals surface area contributed by atoms with Crippen LogP contribution in [-0.4, -0.2) is 13.1 Å². The van der Waals surface area contributed by atoms with Gasteiger partial charge in [-0.05, 0) is 57.4 Å². The summed E-state index contributed by atoms with van der Waals surface area (Å²) in [6.45, 7) is 0. The van der Waals surface area contributed by atoms with Crippen molar-refractivity contribution in [2.24, 2.45) is 0 Å². The SMILES string of the molecule is COc1cc(C=C(C#N)c2ccccc2)ccc1OC(=O)c1ccccc1Br. The summed E-state index contributed by atoms with van der Waals surface area (Å²) >= 11 is 3.34. The lowest BCUT2D eigenvalue weighted by Crippen LogP contribution is -2.10. The Morgan fingerprint density at radius 1 is 1.00 bits per heavy atom. The van der Waals surface area contributed by atoms with Crippen molar-refractivity contribution >= 4 is 33.5 Å². The number of nitrogens with zero attached hydrogens (tertiary/aromatic N) is 1. The number of esters is 1. The molecule has 0 radical (unpaired) electrons. The minimum absolute atomic E-state index is 0.304. The van der Waals surface area contributed by atoms with Gasteiger partial charge in [0, 0.05) is 4.47 Å². The first-order valence-electron chi connectivity index (χ1n) is 8.44. The van der Waals surface area contributed by atoms with Crippen molar-refractivity contribution in [2.45, 2.75) is 0 Å². The van der Waals surface area contributed by atoms with Gasteiger partial charge in [-0.2, -0.15) is 5.26 Å². The normalized spacial score (nSPS) is 10.8. The van der Waals surface area contributed by atoms with Gasteiger partial charge in [-0.1, -0.05) is 48.5 Å². The van der Waals surface area contributed by atoms with Gasteiger partial charge in [0.2, 0.25) is 0 Å². The number of ether oxygens (including phenoxy) is 2. The van der Waals surface area contributed by atoms with E-state index in [1.54, 1.807) is 42.5 Å². The molecule has 3 aromatic carbocycles. The van der Waals surface area contributed by atoms with Crippen molar-refractivity contribution in [1.82, 2.24) is 0 Å². The van der Waals surface area contributed by atoms with Crippen LogP contribution in [0.25, 0.3) is 11.6 Å². The van der Waals surface area contributed by atoms with Crippen LogP contribution in [0.5, 0.6) is 11.5 Å². The molecule has 0 aliphatic rings. The van der Waals surface area contributed by atoms with E-state index >= 15 is 0 Å². The Bertz CT molecular complexity index is 1070. The molecule has 0 fully saturated rings. The van der Waals surface area contributed by atoms with Crippen molar-refractivity contribution in [1.29, 1.82) is 5.26 Å². The van der Waals surface area contributed by atoms with Gasteiger partial charge in [0.25, 0.3) is 0 Å². The van der Waals surface area contributed by atoms with Gasteiger partial charge in [0.15, 0.2) is 11.5 Å². The molecule has 0 aliphatic carbocycles. The molecule has 138 valence electrons. The van der Waals surface area contributed by atoms with Gasteiger partial charge in [-0.15, -0.1) is 0 Å². The van der Waals surface area contributed by atoms with E-state index in [-0.39, 0.29) is 0 Å². The molecule has 0 bridgehead atoms. The van der Waals surface area contributed by atoms with E-state index < -0.39 is 5.97 Å². The zero-order valence-electron chi connectivity index (χ0n) is 15.1. The van der Waals surface area contributed by atoms with Crippen LogP contribution in [0.15, 0.2) is 77.3 Å². The van der Waals surface area contributed by atoms with Crippen LogP contribution in [0.2, 0.25) is 0 Å². The summed E-state index contributed by atoms with van der Waals surface area (Å²) in [4.78, 5) is 12.4. The summed E-state index contributed by atoms with van der Waals surface area (Å²) in [5.41, 5.74) is 2.54. The van der Waals surface area contributed by atoms with Crippen LogP contribution in [0.3, 0.4) is 0 Å². The maximum atomic E-state index is 12.4. The smallest absolute Gasteiger partial charge is 0.344 e. The van der Waals surface area contributed by atoms with Gasteiger partial charge in [0.1, 0.15) is 0 Å². The molecule has 3 aromatic rings. The van der Waals surface area contributed by atoms with E-state index in [1.165, 1.54) is 7.11 Å². The van der Waals surface area contributed by atoms with Gasteiger partial charge >= 0.3 is 5.97 Å². The number of hydrogen-bond donors (Lipinski definition) is 0. The molecule has 3 rings (SSSR count). The largest absolute Gasteiger partial charge is 0.493 e. The molecule has 0 amide bonds. The van der Waals surface area contributed by atoms with Gasteiger partial charge in [0.05, 0.1) is 24.3 Å². The fourth-order valence-electron chi connectivity index (χ4n) is 2.60. The molecule has 0 unspecified atom stereocenters. The fraction of sp³-hybridized carbons (Fsp3) is 0.0435. The number of nitriles is 1. The van der Waals surface area contributed by atoms with Crippen molar-refractivity contribution in [3.8, 4) is 17.6 Å². The second kappa shape index (κ2) is 9.03. The molecule has 0 heterocycles. The fourth-order valence-corrected chi connectivity index (χ4v) is 3.05. The summed E-state index contributed by atoms with van der Waals surface area (Å²) in [5.74, 6) is 0.217. The van der Waals surface area contributed by atoms with Crippen molar-refractivity contribution in [3.05, 3.63) is 94.0 Å². The third kappa shape index (κ3) is 4.48. The van der Waals surface area contributed by atoms with Crippen LogP contribution in [-0.2, 0) is 0 Å². The Kier molecular flexibility index (Phi) is 6.25. The number of methoxy groups -OCH3 is 1. The topological polar surface area (TPSA) is 59.3 Å². The van der Waals surface area contributed by atoms with Crippen LogP contribution in [0, 0.1) is 11.3 Å². The first-order chi connectivity index (χ1) is 13.6. The number of carbonyl (C=O) groups excluding carboxylic acids is 1. The Balaban J connectivity index is 1.89. The monoisotopic (exact) mass is 433 g/mol. The second-order valence-corrected chi connectivity index (χ2v) is 6.67. The van der Waals surface area contributed by atoms with Crippen LogP contribution in [0.4, 0.5) is 0 Å². The van der Waals surface area contributed by atoms with Crippen molar-refractivity contribution < 1.29 is 14.3 Å². The standard InChI is InChI=1S/C23H16BrNO3/c1-27-22-14-16(13-18(15-25)17-7-3-2-4-8-17)11-12-21(22)28-23(26)19-9-5-6-10-20(19)24/h2-14H,1H3. The molecule has 5 heteroatoms. The number of halogens is 1. The minimum atomic E-state index is -0.490. The molecule has 0 atom stereocenters.